The van der Waals surface area contributed by atoms with Gasteiger partial charge in [-0.15, -0.1) is 0 Å². The van der Waals surface area contributed by atoms with Crippen LogP contribution in [0.5, 0.6) is 0 Å². The number of carbonyl (C=O) groups excluding carboxylic acids is 1. The molecule has 2 unspecified atom stereocenters. The number of hydrogen-bond acceptors (Lipinski definition) is 3. The van der Waals surface area contributed by atoms with Crippen LogP contribution >= 0.6 is 0 Å². The Bertz CT molecular complexity index is 389. The number of hydrogen-bond donors (Lipinski definition) is 2. The first kappa shape index (κ1) is 12.4. The van der Waals surface area contributed by atoms with Crippen LogP contribution in [0.1, 0.15) is 47.0 Å². The minimum Gasteiger partial charge on any atom is -0.411 e. The molecule has 2 fully saturated rings. The van der Waals surface area contributed by atoms with Gasteiger partial charge in [-0.2, -0.15) is 0 Å². The molecule has 4 heteroatoms. The summed E-state index contributed by atoms with van der Waals surface area (Å²) in [5.74, 6) is 0.118. The van der Waals surface area contributed by atoms with Gasteiger partial charge in [-0.05, 0) is 25.2 Å². The normalized spacial score (nSPS) is 40.8. The van der Waals surface area contributed by atoms with Crippen LogP contribution in [0.15, 0.2) is 5.16 Å². The summed E-state index contributed by atoms with van der Waals surface area (Å²) < 4.78 is 0. The van der Waals surface area contributed by atoms with Crippen LogP contribution < -0.4 is 5.32 Å². The van der Waals surface area contributed by atoms with Crippen molar-refractivity contribution in [1.29, 1.82) is 0 Å². The molecule has 2 rings (SSSR count). The molecule has 2 N–H and O–H groups in total. The number of carbonyl (C=O) groups is 1. The van der Waals surface area contributed by atoms with Gasteiger partial charge in [-0.1, -0.05) is 25.9 Å². The molecular weight excluding hydrogens is 216 g/mol. The molecule has 0 heterocycles. The van der Waals surface area contributed by atoms with Crippen LogP contribution in [0, 0.1) is 16.2 Å². The summed E-state index contributed by atoms with van der Waals surface area (Å²) in [6, 6.07) is 0. The molecule has 1 amide bonds. The maximum absolute atomic E-state index is 12.4. The molecule has 2 aliphatic rings. The van der Waals surface area contributed by atoms with E-state index in [-0.39, 0.29) is 22.2 Å². The molecule has 0 aromatic rings. The van der Waals surface area contributed by atoms with E-state index in [1.807, 2.05) is 6.92 Å². The lowest BCUT2D eigenvalue weighted by Crippen LogP contribution is -2.46. The quantitative estimate of drug-likeness (QED) is 0.572. The van der Waals surface area contributed by atoms with E-state index in [1.165, 1.54) is 0 Å². The van der Waals surface area contributed by atoms with Crippen molar-refractivity contribution < 1.29 is 10.0 Å². The van der Waals surface area contributed by atoms with E-state index in [0.717, 1.165) is 18.6 Å². The van der Waals surface area contributed by atoms with E-state index < -0.39 is 0 Å². The van der Waals surface area contributed by atoms with Gasteiger partial charge < -0.3 is 10.5 Å². The topological polar surface area (TPSA) is 61.7 Å². The fraction of sp³-hybridized carbons (Fsp3) is 0.846. The van der Waals surface area contributed by atoms with E-state index in [9.17, 15) is 4.79 Å². The minimum absolute atomic E-state index is 0.118. The fourth-order valence-electron chi connectivity index (χ4n) is 3.86. The molecule has 96 valence electrons. The molecule has 2 bridgehead atoms. The SMILES string of the molecule is CCNC(=O)C12CCC(C)(/C(=N/O)C1)C2(C)C. The molecule has 0 spiro atoms. The summed E-state index contributed by atoms with van der Waals surface area (Å²) in [7, 11) is 0. The van der Waals surface area contributed by atoms with Gasteiger partial charge in [0.1, 0.15) is 0 Å². The van der Waals surface area contributed by atoms with Crippen molar-refractivity contribution in [2.45, 2.75) is 47.0 Å². The van der Waals surface area contributed by atoms with Crippen molar-refractivity contribution in [1.82, 2.24) is 5.32 Å². The predicted molar refractivity (Wildman–Crippen MR) is 66.1 cm³/mol. The summed E-state index contributed by atoms with van der Waals surface area (Å²) in [6.45, 7) is 8.97. The van der Waals surface area contributed by atoms with Crippen molar-refractivity contribution in [3.8, 4) is 0 Å². The van der Waals surface area contributed by atoms with Gasteiger partial charge in [-0.25, -0.2) is 0 Å². The van der Waals surface area contributed by atoms with Crippen LogP contribution in [0.2, 0.25) is 0 Å². The average Bonchev–Trinajstić information content (AvgIpc) is 2.58. The number of nitrogens with zero attached hydrogens (tertiary/aromatic N) is 1. The van der Waals surface area contributed by atoms with Gasteiger partial charge in [-0.3, -0.25) is 4.79 Å². The van der Waals surface area contributed by atoms with Crippen molar-refractivity contribution in [2.75, 3.05) is 6.54 Å². The third-order valence-corrected chi connectivity index (χ3v) is 5.63. The Morgan fingerprint density at radius 1 is 1.41 bits per heavy atom. The van der Waals surface area contributed by atoms with Crippen LogP contribution in [0.4, 0.5) is 0 Å². The highest BCUT2D eigenvalue weighted by molar-refractivity contribution is 6.02. The van der Waals surface area contributed by atoms with E-state index in [1.54, 1.807) is 0 Å². The summed E-state index contributed by atoms with van der Waals surface area (Å²) >= 11 is 0. The Kier molecular flexibility index (Phi) is 2.53. The molecule has 2 aliphatic carbocycles. The highest BCUT2D eigenvalue weighted by atomic mass is 16.4. The third-order valence-electron chi connectivity index (χ3n) is 5.63. The summed E-state index contributed by atoms with van der Waals surface area (Å²) in [5.41, 5.74) is 0.104. The van der Waals surface area contributed by atoms with E-state index >= 15 is 0 Å². The van der Waals surface area contributed by atoms with E-state index in [4.69, 9.17) is 5.21 Å². The van der Waals surface area contributed by atoms with Crippen molar-refractivity contribution in [3.05, 3.63) is 0 Å². The molecule has 2 saturated carbocycles. The highest BCUT2D eigenvalue weighted by Gasteiger charge is 2.71. The Morgan fingerprint density at radius 2 is 2.06 bits per heavy atom. The lowest BCUT2D eigenvalue weighted by Gasteiger charge is -2.39. The minimum atomic E-state index is -0.390. The molecule has 17 heavy (non-hydrogen) atoms. The monoisotopic (exact) mass is 238 g/mol. The molecular formula is C13H22N2O2. The lowest BCUT2D eigenvalue weighted by molar-refractivity contribution is -0.135. The predicted octanol–water partition coefficient (Wildman–Crippen LogP) is 2.17. The first-order valence-electron chi connectivity index (χ1n) is 6.35. The van der Waals surface area contributed by atoms with Gasteiger partial charge in [0.05, 0.1) is 11.1 Å². The zero-order valence-electron chi connectivity index (χ0n) is 11.1. The smallest absolute Gasteiger partial charge is 0.227 e. The largest absolute Gasteiger partial charge is 0.411 e. The zero-order chi connectivity index (χ0) is 12.9. The second-order valence-electron chi connectivity index (χ2n) is 6.12. The number of fused-ring (bicyclic) bond motifs is 2. The maximum Gasteiger partial charge on any atom is 0.227 e. The van der Waals surface area contributed by atoms with Gasteiger partial charge in [0.15, 0.2) is 0 Å². The summed E-state index contributed by atoms with van der Waals surface area (Å²) in [5, 5.41) is 15.6. The van der Waals surface area contributed by atoms with Gasteiger partial charge in [0, 0.05) is 18.4 Å². The molecule has 0 aromatic heterocycles. The zero-order valence-corrected chi connectivity index (χ0v) is 11.1. The molecule has 2 atom stereocenters. The molecule has 0 radical (unpaired) electrons. The Hall–Kier alpha value is -1.06. The molecule has 4 nitrogen and oxygen atoms in total. The molecule has 0 saturated heterocycles. The molecule has 0 aromatic carbocycles. The van der Waals surface area contributed by atoms with Crippen molar-refractivity contribution in [2.24, 2.45) is 21.4 Å². The first-order valence-corrected chi connectivity index (χ1v) is 6.35. The summed E-state index contributed by atoms with van der Waals surface area (Å²) in [6.07, 6.45) is 2.41. The Balaban J connectivity index is 2.47. The van der Waals surface area contributed by atoms with Crippen LogP contribution in [-0.4, -0.2) is 23.4 Å². The second-order valence-corrected chi connectivity index (χ2v) is 6.12. The van der Waals surface area contributed by atoms with E-state index in [2.05, 4.69) is 31.2 Å². The van der Waals surface area contributed by atoms with Crippen LogP contribution in [0.3, 0.4) is 0 Å². The van der Waals surface area contributed by atoms with Crippen molar-refractivity contribution >= 4 is 11.6 Å². The summed E-state index contributed by atoms with van der Waals surface area (Å²) in [4.78, 5) is 12.4. The van der Waals surface area contributed by atoms with Crippen molar-refractivity contribution in [3.63, 3.8) is 0 Å². The van der Waals surface area contributed by atoms with E-state index in [0.29, 0.717) is 13.0 Å². The molecule has 0 aliphatic heterocycles. The Morgan fingerprint density at radius 3 is 2.53 bits per heavy atom. The van der Waals surface area contributed by atoms with Gasteiger partial charge >= 0.3 is 0 Å². The van der Waals surface area contributed by atoms with Gasteiger partial charge in [0.25, 0.3) is 0 Å². The number of amides is 1. The van der Waals surface area contributed by atoms with Crippen LogP contribution in [0.25, 0.3) is 0 Å². The third kappa shape index (κ3) is 1.19. The van der Waals surface area contributed by atoms with Crippen LogP contribution in [-0.2, 0) is 4.79 Å². The highest BCUT2D eigenvalue weighted by Crippen LogP contribution is 2.70. The number of nitrogens with one attached hydrogen (secondary N) is 1. The standard InChI is InChI=1S/C13H22N2O2/c1-5-14-10(16)13-7-6-12(4,11(13,2)3)9(8-13)15-17/h17H,5-8H2,1-4H3,(H,14,16)/b15-9+. The first-order chi connectivity index (χ1) is 7.85. The maximum atomic E-state index is 12.4. The number of rotatable bonds is 2. The lowest BCUT2D eigenvalue weighted by atomic mass is 9.64. The number of oxime groups is 1. The second kappa shape index (κ2) is 3.47. The van der Waals surface area contributed by atoms with Gasteiger partial charge in [0.2, 0.25) is 5.91 Å². The average molecular weight is 238 g/mol. The Labute approximate surface area is 102 Å². The fourth-order valence-corrected chi connectivity index (χ4v) is 3.86.